The van der Waals surface area contributed by atoms with E-state index in [0.717, 1.165) is 45.0 Å². The predicted octanol–water partition coefficient (Wildman–Crippen LogP) is 3.35. The molecule has 2 heterocycles. The van der Waals surface area contributed by atoms with E-state index in [1.54, 1.807) is 14.2 Å². The zero-order valence-electron chi connectivity index (χ0n) is 16.7. The van der Waals surface area contributed by atoms with E-state index in [9.17, 15) is 13.2 Å². The number of rotatable bonds is 5. The van der Waals surface area contributed by atoms with E-state index < -0.39 is 12.1 Å². The smallest absolute Gasteiger partial charge is 0.490 e. The van der Waals surface area contributed by atoms with Gasteiger partial charge in [-0.05, 0) is 55.5 Å². The number of piperidine rings is 1. The lowest BCUT2D eigenvalue weighted by Gasteiger charge is -2.38. The monoisotopic (exact) mass is 419 g/mol. The molecule has 1 unspecified atom stereocenters. The zero-order chi connectivity index (χ0) is 21.5. The first kappa shape index (κ1) is 23.4. The lowest BCUT2D eigenvalue weighted by molar-refractivity contribution is -0.192. The second-order valence-electron chi connectivity index (χ2n) is 7.52. The molecule has 0 aliphatic carbocycles. The Balaban J connectivity index is 0.000000370. The summed E-state index contributed by atoms with van der Waals surface area (Å²) in [5.74, 6) is -1.83. The number of hydrogen-bond donors (Lipinski definition) is 1. The molecule has 1 aromatic rings. The van der Waals surface area contributed by atoms with Gasteiger partial charge in [0, 0.05) is 13.7 Å². The number of carboxylic acid groups (broad SMARTS) is 1. The van der Waals surface area contributed by atoms with Gasteiger partial charge in [-0.1, -0.05) is 12.1 Å². The van der Waals surface area contributed by atoms with E-state index in [-0.39, 0.29) is 0 Å². The highest BCUT2D eigenvalue weighted by atomic mass is 19.4. The van der Waals surface area contributed by atoms with Gasteiger partial charge >= 0.3 is 12.1 Å². The van der Waals surface area contributed by atoms with Gasteiger partial charge in [0.2, 0.25) is 0 Å². The van der Waals surface area contributed by atoms with Gasteiger partial charge in [0.05, 0.1) is 26.4 Å². The predicted molar refractivity (Wildman–Crippen MR) is 99.9 cm³/mol. The van der Waals surface area contributed by atoms with Gasteiger partial charge in [-0.2, -0.15) is 13.2 Å². The molecule has 1 aromatic carbocycles. The average Bonchev–Trinajstić information content (AvgIpc) is 3.07. The van der Waals surface area contributed by atoms with Crippen LogP contribution in [0.2, 0.25) is 0 Å². The molecule has 3 rings (SSSR count). The Morgan fingerprint density at radius 2 is 1.83 bits per heavy atom. The summed E-state index contributed by atoms with van der Waals surface area (Å²) in [5, 5.41) is 7.12. The van der Waals surface area contributed by atoms with Crippen LogP contribution in [0, 0.1) is 5.41 Å². The summed E-state index contributed by atoms with van der Waals surface area (Å²) < 4.78 is 48.1. The summed E-state index contributed by atoms with van der Waals surface area (Å²) in [4.78, 5) is 11.4. The molecule has 9 heteroatoms. The van der Waals surface area contributed by atoms with Crippen LogP contribution in [0.3, 0.4) is 0 Å². The van der Waals surface area contributed by atoms with E-state index in [1.165, 1.54) is 18.4 Å². The van der Waals surface area contributed by atoms with Crippen LogP contribution >= 0.6 is 0 Å². The van der Waals surface area contributed by atoms with Crippen molar-refractivity contribution in [2.24, 2.45) is 5.41 Å². The van der Waals surface area contributed by atoms with Crippen LogP contribution in [-0.4, -0.2) is 68.8 Å². The van der Waals surface area contributed by atoms with Crippen LogP contribution in [-0.2, 0) is 20.8 Å². The number of ether oxygens (including phenoxy) is 3. The van der Waals surface area contributed by atoms with Gasteiger partial charge in [0.1, 0.15) is 5.75 Å². The Kier molecular flexibility index (Phi) is 8.30. The normalized spacial score (nSPS) is 21.5. The third-order valence-corrected chi connectivity index (χ3v) is 5.36. The maximum atomic E-state index is 10.6. The Hall–Kier alpha value is -1.84. The van der Waals surface area contributed by atoms with Gasteiger partial charge in [-0.25, -0.2) is 4.79 Å². The Bertz CT molecular complexity index is 643. The maximum absolute atomic E-state index is 10.6. The van der Waals surface area contributed by atoms with Gasteiger partial charge in [0.25, 0.3) is 0 Å². The van der Waals surface area contributed by atoms with Crippen molar-refractivity contribution in [3.63, 3.8) is 0 Å². The largest absolute Gasteiger partial charge is 0.497 e. The molecule has 0 bridgehead atoms. The van der Waals surface area contributed by atoms with Crippen molar-refractivity contribution in [3.05, 3.63) is 29.8 Å². The standard InChI is InChI=1S/C18H27NO3.C2HF3O2/c1-20-13-17-11-18(14-22-17)7-9-19(10-8-18)12-15-3-5-16(21-2)6-4-15;3-2(4,5)1(6)7/h3-6,17H,7-14H2,1-2H3;(H,6,7). The zero-order valence-corrected chi connectivity index (χ0v) is 16.7. The number of carbonyl (C=O) groups is 1. The Morgan fingerprint density at radius 3 is 2.31 bits per heavy atom. The molecular formula is C20H28F3NO5. The molecule has 6 nitrogen and oxygen atoms in total. The van der Waals surface area contributed by atoms with Crippen molar-refractivity contribution in [1.29, 1.82) is 0 Å². The third kappa shape index (κ3) is 7.17. The van der Waals surface area contributed by atoms with Crippen LogP contribution in [0.15, 0.2) is 24.3 Å². The van der Waals surface area contributed by atoms with Crippen molar-refractivity contribution >= 4 is 5.97 Å². The van der Waals surface area contributed by atoms with Gasteiger partial charge in [0.15, 0.2) is 0 Å². The van der Waals surface area contributed by atoms with E-state index in [4.69, 9.17) is 24.1 Å². The van der Waals surface area contributed by atoms with Crippen LogP contribution in [0.5, 0.6) is 5.75 Å². The number of alkyl halides is 3. The summed E-state index contributed by atoms with van der Waals surface area (Å²) in [6, 6.07) is 8.41. The summed E-state index contributed by atoms with van der Waals surface area (Å²) >= 11 is 0. The fourth-order valence-electron chi connectivity index (χ4n) is 3.71. The van der Waals surface area contributed by atoms with Gasteiger partial charge in [-0.3, -0.25) is 4.90 Å². The maximum Gasteiger partial charge on any atom is 0.490 e. The van der Waals surface area contributed by atoms with Crippen molar-refractivity contribution in [2.75, 3.05) is 40.5 Å². The average molecular weight is 419 g/mol. The second-order valence-corrected chi connectivity index (χ2v) is 7.52. The van der Waals surface area contributed by atoms with E-state index in [1.807, 2.05) is 12.1 Å². The van der Waals surface area contributed by atoms with Gasteiger partial charge < -0.3 is 19.3 Å². The first-order valence-electron chi connectivity index (χ1n) is 9.43. The number of nitrogens with zero attached hydrogens (tertiary/aromatic N) is 1. The number of likely N-dealkylation sites (tertiary alicyclic amines) is 1. The molecule has 164 valence electrons. The van der Waals surface area contributed by atoms with Crippen LogP contribution in [0.4, 0.5) is 13.2 Å². The molecule has 2 aliphatic heterocycles. The van der Waals surface area contributed by atoms with Crippen molar-refractivity contribution in [2.45, 2.75) is 38.1 Å². The summed E-state index contributed by atoms with van der Waals surface area (Å²) in [5.41, 5.74) is 1.76. The van der Waals surface area contributed by atoms with Crippen molar-refractivity contribution < 1.29 is 37.3 Å². The first-order valence-corrected chi connectivity index (χ1v) is 9.43. The lowest BCUT2D eigenvalue weighted by atomic mass is 9.76. The highest BCUT2D eigenvalue weighted by molar-refractivity contribution is 5.73. The van der Waals surface area contributed by atoms with E-state index >= 15 is 0 Å². The van der Waals surface area contributed by atoms with Crippen molar-refractivity contribution in [3.8, 4) is 5.75 Å². The van der Waals surface area contributed by atoms with Crippen LogP contribution in [0.25, 0.3) is 0 Å². The minimum Gasteiger partial charge on any atom is -0.497 e. The quantitative estimate of drug-likeness (QED) is 0.790. The van der Waals surface area contributed by atoms with E-state index in [0.29, 0.717) is 11.5 Å². The highest BCUT2D eigenvalue weighted by Gasteiger charge is 2.42. The molecular weight excluding hydrogens is 391 g/mol. The molecule has 0 saturated carbocycles. The van der Waals surface area contributed by atoms with Crippen molar-refractivity contribution in [1.82, 2.24) is 4.90 Å². The third-order valence-electron chi connectivity index (χ3n) is 5.36. The van der Waals surface area contributed by atoms with Crippen LogP contribution < -0.4 is 4.74 Å². The topological polar surface area (TPSA) is 68.2 Å². The Labute approximate surface area is 168 Å². The van der Waals surface area contributed by atoms with Gasteiger partial charge in [-0.15, -0.1) is 0 Å². The Morgan fingerprint density at radius 1 is 1.24 bits per heavy atom. The molecule has 1 spiro atoms. The molecule has 1 N–H and O–H groups in total. The fourth-order valence-corrected chi connectivity index (χ4v) is 3.71. The number of benzene rings is 1. The molecule has 2 aliphatic rings. The number of aliphatic carboxylic acids is 1. The number of hydrogen-bond acceptors (Lipinski definition) is 5. The molecule has 0 radical (unpaired) electrons. The minimum atomic E-state index is -5.08. The first-order chi connectivity index (χ1) is 13.7. The minimum absolute atomic E-state index is 0.304. The molecule has 2 saturated heterocycles. The SMILES string of the molecule is COCC1CC2(CCN(Cc3ccc(OC)cc3)CC2)CO1.O=C(O)C(F)(F)F. The van der Waals surface area contributed by atoms with E-state index in [2.05, 4.69) is 17.0 Å². The number of halogens is 3. The molecule has 1 atom stereocenters. The fraction of sp³-hybridized carbons (Fsp3) is 0.650. The molecule has 0 amide bonds. The highest BCUT2D eigenvalue weighted by Crippen LogP contribution is 2.42. The lowest BCUT2D eigenvalue weighted by Crippen LogP contribution is -2.40. The van der Waals surface area contributed by atoms with Crippen LogP contribution in [0.1, 0.15) is 24.8 Å². The molecule has 29 heavy (non-hydrogen) atoms. The molecule has 2 fully saturated rings. The summed E-state index contributed by atoms with van der Waals surface area (Å²) in [7, 11) is 3.46. The number of carboxylic acids is 1. The number of methoxy groups -OCH3 is 2. The second kappa shape index (κ2) is 10.3. The summed E-state index contributed by atoms with van der Waals surface area (Å²) in [6.07, 6.45) is -1.14. The summed E-state index contributed by atoms with van der Waals surface area (Å²) in [6.45, 7) is 5.00. The molecule has 0 aromatic heterocycles.